The molecular formula is C24H41N5O2. The second-order valence-corrected chi connectivity index (χ2v) is 8.64. The average molecular weight is 432 g/mol. The molecule has 31 heavy (non-hydrogen) atoms. The van der Waals surface area contributed by atoms with Crippen molar-refractivity contribution in [3.8, 4) is 5.75 Å². The number of guanidine groups is 1. The number of nitrogens with one attached hydrogen (secondary N) is 2. The molecule has 0 aromatic heterocycles. The smallest absolute Gasteiger partial charge is 0.191 e. The number of hydrogen-bond acceptors (Lipinski definition) is 5. The van der Waals surface area contributed by atoms with Gasteiger partial charge in [-0.1, -0.05) is 12.1 Å². The minimum atomic E-state index is 0.328. The molecular weight excluding hydrogens is 390 g/mol. The van der Waals surface area contributed by atoms with E-state index in [4.69, 9.17) is 14.5 Å². The highest BCUT2D eigenvalue weighted by atomic mass is 16.5. The second-order valence-electron chi connectivity index (χ2n) is 8.64. The Bertz CT molecular complexity index is 675. The van der Waals surface area contributed by atoms with E-state index in [0.717, 1.165) is 64.2 Å². The van der Waals surface area contributed by atoms with Crippen LogP contribution in [0.3, 0.4) is 0 Å². The number of methoxy groups -OCH3 is 1. The molecule has 1 aromatic carbocycles. The lowest BCUT2D eigenvalue weighted by atomic mass is 10.1. The molecule has 0 aliphatic carbocycles. The minimum absolute atomic E-state index is 0.328. The van der Waals surface area contributed by atoms with E-state index in [9.17, 15) is 0 Å². The summed E-state index contributed by atoms with van der Waals surface area (Å²) in [5.74, 6) is 1.80. The number of rotatable bonds is 9. The van der Waals surface area contributed by atoms with Crippen molar-refractivity contribution in [2.24, 2.45) is 4.99 Å². The summed E-state index contributed by atoms with van der Waals surface area (Å²) in [5, 5.41) is 7.04. The zero-order chi connectivity index (χ0) is 22.1. The van der Waals surface area contributed by atoms with Crippen molar-refractivity contribution >= 4 is 5.96 Å². The Labute approximate surface area is 188 Å². The van der Waals surface area contributed by atoms with Crippen LogP contribution in [0, 0.1) is 0 Å². The van der Waals surface area contributed by atoms with Crippen LogP contribution in [0.1, 0.15) is 45.2 Å². The SMILES string of the molecule is CCNC(=NCC(C)N1CCOCC1C)NCC(c1ccc(OC)cc1)N1CCCC1. The molecule has 7 nitrogen and oxygen atoms in total. The molecule has 0 amide bonds. The van der Waals surface area contributed by atoms with Crippen LogP contribution in [0.2, 0.25) is 0 Å². The van der Waals surface area contributed by atoms with E-state index < -0.39 is 0 Å². The Morgan fingerprint density at radius 2 is 1.94 bits per heavy atom. The number of hydrogen-bond donors (Lipinski definition) is 2. The predicted octanol–water partition coefficient (Wildman–Crippen LogP) is 2.50. The van der Waals surface area contributed by atoms with E-state index in [1.807, 2.05) is 0 Å². The van der Waals surface area contributed by atoms with Crippen LogP contribution >= 0.6 is 0 Å². The van der Waals surface area contributed by atoms with E-state index in [-0.39, 0.29) is 0 Å². The van der Waals surface area contributed by atoms with Crippen LogP contribution in [-0.2, 0) is 4.74 Å². The van der Waals surface area contributed by atoms with Crippen molar-refractivity contribution in [2.75, 3.05) is 59.6 Å². The van der Waals surface area contributed by atoms with Gasteiger partial charge in [-0.3, -0.25) is 14.8 Å². The predicted molar refractivity (Wildman–Crippen MR) is 127 cm³/mol. The number of morpholine rings is 1. The van der Waals surface area contributed by atoms with Gasteiger partial charge in [0.25, 0.3) is 0 Å². The number of aliphatic imine (C=N–C) groups is 1. The highest BCUT2D eigenvalue weighted by molar-refractivity contribution is 5.79. The number of ether oxygens (including phenoxy) is 2. The Balaban J connectivity index is 1.63. The van der Waals surface area contributed by atoms with E-state index >= 15 is 0 Å². The van der Waals surface area contributed by atoms with Gasteiger partial charge in [0.2, 0.25) is 0 Å². The maximum absolute atomic E-state index is 5.58. The van der Waals surface area contributed by atoms with Crippen LogP contribution in [0.4, 0.5) is 0 Å². The van der Waals surface area contributed by atoms with Gasteiger partial charge in [0.1, 0.15) is 5.75 Å². The molecule has 0 saturated carbocycles. The summed E-state index contributed by atoms with van der Waals surface area (Å²) in [6, 6.07) is 9.67. The molecule has 2 N–H and O–H groups in total. The summed E-state index contributed by atoms with van der Waals surface area (Å²) in [4.78, 5) is 10.00. The van der Waals surface area contributed by atoms with E-state index in [0.29, 0.717) is 18.1 Å². The van der Waals surface area contributed by atoms with Gasteiger partial charge in [0, 0.05) is 31.7 Å². The van der Waals surface area contributed by atoms with Crippen molar-refractivity contribution in [3.63, 3.8) is 0 Å². The van der Waals surface area contributed by atoms with Crippen LogP contribution in [0.15, 0.2) is 29.3 Å². The van der Waals surface area contributed by atoms with Gasteiger partial charge in [-0.05, 0) is 64.4 Å². The summed E-state index contributed by atoms with van der Waals surface area (Å²) in [7, 11) is 1.71. The largest absolute Gasteiger partial charge is 0.497 e. The Hall–Kier alpha value is -1.83. The highest BCUT2D eigenvalue weighted by Crippen LogP contribution is 2.26. The van der Waals surface area contributed by atoms with Crippen molar-refractivity contribution < 1.29 is 9.47 Å². The first kappa shape index (κ1) is 23.8. The topological polar surface area (TPSA) is 61.4 Å². The molecule has 2 saturated heterocycles. The van der Waals surface area contributed by atoms with Crippen LogP contribution in [0.25, 0.3) is 0 Å². The molecule has 2 fully saturated rings. The molecule has 3 rings (SSSR count). The number of likely N-dealkylation sites (tertiary alicyclic amines) is 1. The summed E-state index contributed by atoms with van der Waals surface area (Å²) in [6.07, 6.45) is 2.55. The summed E-state index contributed by atoms with van der Waals surface area (Å²) in [5.41, 5.74) is 1.32. The van der Waals surface area contributed by atoms with E-state index in [1.165, 1.54) is 18.4 Å². The molecule has 7 heteroatoms. The highest BCUT2D eigenvalue weighted by Gasteiger charge is 2.25. The first-order valence-corrected chi connectivity index (χ1v) is 11.9. The average Bonchev–Trinajstić information content (AvgIpc) is 3.32. The molecule has 1 aromatic rings. The van der Waals surface area contributed by atoms with Crippen LogP contribution in [0.5, 0.6) is 5.75 Å². The fourth-order valence-corrected chi connectivity index (χ4v) is 4.60. The molecule has 2 aliphatic rings. The third kappa shape index (κ3) is 6.82. The van der Waals surface area contributed by atoms with Crippen molar-refractivity contribution in [1.82, 2.24) is 20.4 Å². The zero-order valence-electron chi connectivity index (χ0n) is 19.8. The zero-order valence-corrected chi connectivity index (χ0v) is 19.8. The molecule has 3 unspecified atom stereocenters. The van der Waals surface area contributed by atoms with Gasteiger partial charge in [0.05, 0.1) is 32.9 Å². The van der Waals surface area contributed by atoms with Crippen molar-refractivity contribution in [2.45, 2.75) is 51.7 Å². The molecule has 0 radical (unpaired) electrons. The minimum Gasteiger partial charge on any atom is -0.497 e. The Morgan fingerprint density at radius 3 is 2.58 bits per heavy atom. The Kier molecular flexibility index (Phi) is 9.43. The maximum atomic E-state index is 5.58. The molecule has 3 atom stereocenters. The molecule has 2 aliphatic heterocycles. The molecule has 2 heterocycles. The lowest BCUT2D eigenvalue weighted by Crippen LogP contribution is -2.50. The van der Waals surface area contributed by atoms with Crippen molar-refractivity contribution in [1.29, 1.82) is 0 Å². The van der Waals surface area contributed by atoms with Gasteiger partial charge < -0.3 is 20.1 Å². The Morgan fingerprint density at radius 1 is 1.19 bits per heavy atom. The monoisotopic (exact) mass is 431 g/mol. The van der Waals surface area contributed by atoms with E-state index in [1.54, 1.807) is 7.11 Å². The standard InChI is InChI=1S/C24H41N5O2/c1-5-25-24(26-16-19(2)29-14-15-31-18-20(29)3)27-17-23(28-12-6-7-13-28)21-8-10-22(30-4)11-9-21/h8-11,19-20,23H,5-7,12-18H2,1-4H3,(H2,25,26,27). The molecule has 0 bridgehead atoms. The van der Waals surface area contributed by atoms with Gasteiger partial charge in [-0.25, -0.2) is 0 Å². The summed E-state index contributed by atoms with van der Waals surface area (Å²) in [6.45, 7) is 14.0. The fourth-order valence-electron chi connectivity index (χ4n) is 4.60. The number of nitrogens with zero attached hydrogens (tertiary/aromatic N) is 3. The first-order valence-electron chi connectivity index (χ1n) is 11.9. The van der Waals surface area contributed by atoms with Gasteiger partial charge in [0.15, 0.2) is 5.96 Å². The fraction of sp³-hybridized carbons (Fsp3) is 0.708. The van der Waals surface area contributed by atoms with Crippen LogP contribution in [-0.4, -0.2) is 87.4 Å². The first-order chi connectivity index (χ1) is 15.1. The third-order valence-electron chi connectivity index (χ3n) is 6.39. The molecule has 0 spiro atoms. The van der Waals surface area contributed by atoms with Gasteiger partial charge >= 0.3 is 0 Å². The van der Waals surface area contributed by atoms with E-state index in [2.05, 4.69) is 65.5 Å². The van der Waals surface area contributed by atoms with Crippen LogP contribution < -0.4 is 15.4 Å². The third-order valence-corrected chi connectivity index (χ3v) is 6.39. The maximum Gasteiger partial charge on any atom is 0.191 e. The lowest BCUT2D eigenvalue weighted by molar-refractivity contribution is -0.0165. The second kappa shape index (κ2) is 12.3. The quantitative estimate of drug-likeness (QED) is 0.463. The normalized spacial score (nSPS) is 22.8. The van der Waals surface area contributed by atoms with Gasteiger partial charge in [-0.2, -0.15) is 0 Å². The molecule has 174 valence electrons. The number of benzene rings is 1. The lowest BCUT2D eigenvalue weighted by Gasteiger charge is -2.37. The van der Waals surface area contributed by atoms with Gasteiger partial charge in [-0.15, -0.1) is 0 Å². The summed E-state index contributed by atoms with van der Waals surface area (Å²) < 4.78 is 10.9. The van der Waals surface area contributed by atoms with Crippen molar-refractivity contribution in [3.05, 3.63) is 29.8 Å². The summed E-state index contributed by atoms with van der Waals surface area (Å²) >= 11 is 0.